The van der Waals surface area contributed by atoms with Crippen molar-refractivity contribution >= 4 is 98.2 Å². The van der Waals surface area contributed by atoms with Crippen molar-refractivity contribution in [2.75, 3.05) is 78.1 Å². The van der Waals surface area contributed by atoms with Crippen LogP contribution < -0.4 is 10.6 Å². The van der Waals surface area contributed by atoms with E-state index in [1.165, 1.54) is 16.6 Å². The smallest absolute Gasteiger partial charge is 0.400 e. The third-order valence-corrected chi connectivity index (χ3v) is 21.5. The van der Waals surface area contributed by atoms with Crippen LogP contribution in [0.2, 0.25) is 10.0 Å². The molecule has 2 unspecified atom stereocenters. The topological polar surface area (TPSA) is 159 Å². The lowest BCUT2D eigenvalue weighted by atomic mass is 9.63. The van der Waals surface area contributed by atoms with Gasteiger partial charge in [0.2, 0.25) is 25.0 Å². The number of amides is 2. The average molecular weight is 1400 g/mol. The summed E-state index contributed by atoms with van der Waals surface area (Å²) in [5.41, 5.74) is 9.39. The number of halogens is 3. The minimum absolute atomic E-state index is 0.0498. The fraction of sp³-hybridized carbons (Fsp3) is 0.405. The molecule has 2 amide bonds. The fourth-order valence-electron chi connectivity index (χ4n) is 13.5. The monoisotopic (exact) mass is 1390 g/mol. The van der Waals surface area contributed by atoms with Gasteiger partial charge in [0.05, 0.1) is 26.5 Å². The highest BCUT2D eigenvalue weighted by Crippen LogP contribution is 2.46. The van der Waals surface area contributed by atoms with Crippen molar-refractivity contribution in [3.8, 4) is 0 Å². The standard InChI is InChI=1S/C34H36ClN7O.C20H25BClNO2.C20H23BrN6O/c1-36-23-34(26-8-10-27(35)11-9-26)18-14-24(15-19-34)30-5-4-20-42-31(30)38-33(39-42)37-28-12-6-25(7-13-28)32(43)41(3)29-16-21-40(2)22-17-29;1-18(2)19(3,4)25-21(24-18)16-10-12-20(13-11-16,14-23-5)15-6-8-17(22)9-7-15;1-25-12-9-16(10-13-25)26(2)19(28)14-5-7-15(8-6-14)22-20-23-18-17(21)4-3-11-27(18)24-20/h4-14,20,29H,15-19,21-23H2,2-3H3,(H,37,39);6-10H,11-14H2,1-4H3;3-8,11,16H,9-10,12-13H2,1-2H3,(H,22,24). The predicted molar refractivity (Wildman–Crippen MR) is 387 cm³/mol. The van der Waals surface area contributed by atoms with Gasteiger partial charge >= 0.3 is 7.12 Å². The van der Waals surface area contributed by atoms with Crippen LogP contribution in [0.1, 0.15) is 129 Å². The van der Waals surface area contributed by atoms with Crippen LogP contribution in [-0.4, -0.2) is 158 Å². The molecule has 0 bridgehead atoms. The predicted octanol–water partition coefficient (Wildman–Crippen LogP) is 15.4. The summed E-state index contributed by atoms with van der Waals surface area (Å²) in [5, 5.41) is 17.0. The van der Waals surface area contributed by atoms with Crippen molar-refractivity contribution in [3.05, 3.63) is 217 Å². The van der Waals surface area contributed by atoms with E-state index in [1.54, 1.807) is 9.03 Å². The highest BCUT2D eigenvalue weighted by molar-refractivity contribution is 9.10. The van der Waals surface area contributed by atoms with Gasteiger partial charge in [-0.2, -0.15) is 9.97 Å². The molecule has 4 aromatic heterocycles. The number of hydrogen-bond donors (Lipinski definition) is 2. The Kier molecular flexibility index (Phi) is 21.6. The Bertz CT molecular complexity index is 4190. The lowest BCUT2D eigenvalue weighted by molar-refractivity contribution is 0.00578. The molecule has 13 rings (SSSR count). The van der Waals surface area contributed by atoms with Crippen LogP contribution in [0.15, 0.2) is 156 Å². The first-order valence-corrected chi connectivity index (χ1v) is 34.5. The van der Waals surface area contributed by atoms with E-state index < -0.39 is 0 Å². The van der Waals surface area contributed by atoms with E-state index in [4.69, 9.17) is 50.6 Å². The molecular weight excluding hydrogens is 1310 g/mol. The molecule has 0 spiro atoms. The first-order chi connectivity index (χ1) is 46.0. The van der Waals surface area contributed by atoms with Crippen LogP contribution in [0.3, 0.4) is 0 Å². The van der Waals surface area contributed by atoms with Gasteiger partial charge in [-0.05, 0) is 267 Å². The molecule has 2 atom stereocenters. The number of piperidine rings is 2. The molecule has 4 aromatic carbocycles. The molecule has 18 nitrogen and oxygen atoms in total. The maximum absolute atomic E-state index is 13.1. The van der Waals surface area contributed by atoms with Gasteiger partial charge in [0.1, 0.15) is 0 Å². The zero-order chi connectivity index (χ0) is 67.9. The van der Waals surface area contributed by atoms with Crippen molar-refractivity contribution in [1.29, 1.82) is 0 Å². The summed E-state index contributed by atoms with van der Waals surface area (Å²) in [7, 11) is 7.79. The largest absolute Gasteiger partial charge is 0.490 e. The van der Waals surface area contributed by atoms with Gasteiger partial charge < -0.3 is 49.2 Å². The summed E-state index contributed by atoms with van der Waals surface area (Å²) in [6.07, 6.45) is 17.4. The molecule has 3 saturated heterocycles. The molecule has 498 valence electrons. The van der Waals surface area contributed by atoms with E-state index in [2.05, 4.69) is 146 Å². The highest BCUT2D eigenvalue weighted by Gasteiger charge is 2.53. The Morgan fingerprint density at radius 1 is 0.615 bits per heavy atom. The number of pyridine rings is 2. The van der Waals surface area contributed by atoms with E-state index in [1.807, 2.05) is 127 Å². The second kappa shape index (κ2) is 29.8. The van der Waals surface area contributed by atoms with Gasteiger partial charge in [-0.1, -0.05) is 59.6 Å². The SMILES string of the molecule is CN1CCC(N(C)C(=O)c2ccc(Nc3nc4c(Br)cccn4n3)cc2)CC1.[C-]#[N+]CC1(c2ccc(Cl)cc2)CC=C(B2OC(C)(C)C(C)(C)O2)CC1.[C-]#[N+]CC1(c2ccc(Cl)cc2)CC=C(c2cccn3nc(Nc4ccc(C(=O)N(C)C5CCN(C)CC5)cc4)nc23)CC1. The first-order valence-electron chi connectivity index (χ1n) is 33.0. The molecule has 0 saturated carbocycles. The van der Waals surface area contributed by atoms with Gasteiger partial charge in [-0.3, -0.25) is 9.59 Å². The van der Waals surface area contributed by atoms with E-state index in [-0.39, 0.29) is 47.0 Å². The number of rotatable bonds is 14. The van der Waals surface area contributed by atoms with E-state index >= 15 is 0 Å². The van der Waals surface area contributed by atoms with Crippen molar-refractivity contribution in [3.63, 3.8) is 0 Å². The highest BCUT2D eigenvalue weighted by atomic mass is 79.9. The van der Waals surface area contributed by atoms with E-state index in [9.17, 15) is 9.59 Å². The molecule has 3 aliphatic heterocycles. The Morgan fingerprint density at radius 3 is 1.46 bits per heavy atom. The van der Waals surface area contributed by atoms with Crippen LogP contribution in [-0.2, 0) is 20.1 Å². The lowest BCUT2D eigenvalue weighted by Gasteiger charge is -2.35. The van der Waals surface area contributed by atoms with Crippen molar-refractivity contribution in [2.24, 2.45) is 0 Å². The first kappa shape index (κ1) is 69.4. The Labute approximate surface area is 583 Å². The minimum Gasteiger partial charge on any atom is -0.400 e. The summed E-state index contributed by atoms with van der Waals surface area (Å²) < 4.78 is 16.8. The molecule has 2 aliphatic carbocycles. The summed E-state index contributed by atoms with van der Waals surface area (Å²) >= 11 is 15.6. The quantitative estimate of drug-likeness (QED) is 0.0785. The number of carbonyl (C=O) groups excluding carboxylic acids is 2. The number of fused-ring (bicyclic) bond motifs is 2. The van der Waals surface area contributed by atoms with E-state index in [0.717, 1.165) is 134 Å². The maximum atomic E-state index is 13.1. The molecule has 8 aromatic rings. The van der Waals surface area contributed by atoms with Gasteiger partial charge in [0, 0.05) is 76.7 Å². The number of nitrogens with one attached hydrogen (secondary N) is 2. The van der Waals surface area contributed by atoms with Crippen LogP contribution in [0.4, 0.5) is 23.3 Å². The number of allylic oxidation sites excluding steroid dienone is 4. The average Bonchev–Trinajstić information content (AvgIpc) is 1.47. The van der Waals surface area contributed by atoms with Crippen LogP contribution in [0, 0.1) is 13.1 Å². The molecule has 2 N–H and O–H groups in total. The Hall–Kier alpha value is -7.92. The molecule has 22 heteroatoms. The second-order valence-corrected chi connectivity index (χ2v) is 28.9. The van der Waals surface area contributed by atoms with Gasteiger partial charge in [-0.25, -0.2) is 22.2 Å². The van der Waals surface area contributed by atoms with Crippen molar-refractivity contribution in [1.82, 2.24) is 48.8 Å². The Morgan fingerprint density at radius 2 is 1.04 bits per heavy atom. The molecular formula is C74H84BBrCl2N14O4. The maximum Gasteiger partial charge on any atom is 0.490 e. The summed E-state index contributed by atoms with van der Waals surface area (Å²) in [4.78, 5) is 51.1. The number of benzene rings is 4. The number of likely N-dealkylation sites (tertiary alicyclic amines) is 2. The number of anilines is 4. The summed E-state index contributed by atoms with van der Waals surface area (Å²) in [5.74, 6) is 1.12. The number of aromatic nitrogens is 6. The van der Waals surface area contributed by atoms with Crippen LogP contribution >= 0.6 is 39.1 Å². The summed E-state index contributed by atoms with van der Waals surface area (Å²) in [6, 6.07) is 39.4. The van der Waals surface area contributed by atoms with Gasteiger partial charge in [-0.15, -0.1) is 10.2 Å². The molecule has 3 fully saturated rings. The lowest BCUT2D eigenvalue weighted by Crippen LogP contribution is -2.44. The van der Waals surface area contributed by atoms with Crippen LogP contribution in [0.5, 0.6) is 0 Å². The Balaban J connectivity index is 0.000000154. The molecule has 7 heterocycles. The zero-order valence-electron chi connectivity index (χ0n) is 56.0. The normalized spacial score (nSPS) is 20.5. The van der Waals surface area contributed by atoms with Crippen LogP contribution in [0.25, 0.3) is 26.6 Å². The second-order valence-electron chi connectivity index (χ2n) is 27.2. The molecule has 0 radical (unpaired) electrons. The number of carbonyl (C=O) groups is 2. The number of nitrogens with zero attached hydrogens (tertiary/aromatic N) is 12. The third kappa shape index (κ3) is 15.7. The van der Waals surface area contributed by atoms with Crippen molar-refractivity contribution < 1.29 is 18.9 Å². The number of hydrogen-bond acceptors (Lipinski definition) is 12. The fourth-order valence-corrected chi connectivity index (χ4v) is 14.1. The minimum atomic E-state index is -0.320. The van der Waals surface area contributed by atoms with Crippen molar-refractivity contribution in [2.45, 2.75) is 126 Å². The third-order valence-electron chi connectivity index (χ3n) is 20.4. The van der Waals surface area contributed by atoms with Gasteiger partial charge in [0.25, 0.3) is 11.8 Å². The van der Waals surface area contributed by atoms with Gasteiger partial charge in [0.15, 0.2) is 11.3 Å². The molecule has 96 heavy (non-hydrogen) atoms. The zero-order valence-corrected chi connectivity index (χ0v) is 59.1. The van der Waals surface area contributed by atoms with E-state index in [0.29, 0.717) is 47.2 Å². The summed E-state index contributed by atoms with van der Waals surface area (Å²) in [6.45, 7) is 28.4. The molecule has 5 aliphatic rings.